The van der Waals surface area contributed by atoms with Crippen molar-refractivity contribution >= 4 is 7.82 Å². The summed E-state index contributed by atoms with van der Waals surface area (Å²) >= 11 is 4.44. The summed E-state index contributed by atoms with van der Waals surface area (Å²) in [5.74, 6) is 0. The fraction of sp³-hybridized carbons (Fsp3) is 1.00. The van der Waals surface area contributed by atoms with Crippen molar-refractivity contribution in [1.29, 1.82) is 0 Å². The molecule has 0 unspecified atom stereocenters. The molecular formula is C12H27O4PZn3. The fourth-order valence-electron chi connectivity index (χ4n) is 0.750. The second-order valence-corrected chi connectivity index (χ2v) is 9.41. The topological polar surface area (TPSA) is 86.2 Å². The Morgan fingerprint density at radius 3 is 0.850 bits per heavy atom. The van der Waals surface area contributed by atoms with Crippen LogP contribution in [0.2, 0.25) is 15.0 Å². The van der Waals surface area contributed by atoms with Gasteiger partial charge in [0.1, 0.15) is 0 Å². The minimum atomic E-state index is -5.39. The molecule has 0 aliphatic heterocycles. The second kappa shape index (κ2) is 29.0. The van der Waals surface area contributed by atoms with Gasteiger partial charge in [-0.3, -0.25) is 0 Å². The van der Waals surface area contributed by atoms with Crippen LogP contribution in [-0.4, -0.2) is 0 Å². The minimum absolute atomic E-state index is 1.38. The molecule has 0 heterocycles. The van der Waals surface area contributed by atoms with Crippen LogP contribution in [0, 0.1) is 0 Å². The Balaban J connectivity index is -0.0000000853. The number of phosphoric acid groups is 1. The molecule has 110 valence electrons. The summed E-state index contributed by atoms with van der Waals surface area (Å²) in [6.07, 6.45) is 8.46. The molecule has 0 aliphatic rings. The van der Waals surface area contributed by atoms with Crippen molar-refractivity contribution in [2.45, 2.75) is 74.3 Å². The van der Waals surface area contributed by atoms with Crippen LogP contribution in [0.3, 0.4) is 0 Å². The van der Waals surface area contributed by atoms with Gasteiger partial charge in [-0.05, 0) is 0 Å². The van der Waals surface area contributed by atoms with Crippen LogP contribution < -0.4 is 14.7 Å². The monoisotopic (exact) mass is 458 g/mol. The molecule has 0 rings (SSSR count). The zero-order valence-electron chi connectivity index (χ0n) is 13.6. The van der Waals surface area contributed by atoms with Crippen molar-refractivity contribution in [3.05, 3.63) is 0 Å². The molecule has 0 saturated heterocycles. The molecule has 0 bridgehead atoms. The van der Waals surface area contributed by atoms with Gasteiger partial charge >= 0.3 is 129 Å². The number of rotatable bonds is 6. The summed E-state index contributed by atoms with van der Waals surface area (Å²) in [6.45, 7) is 6.70. The van der Waals surface area contributed by atoms with E-state index in [1.165, 1.54) is 108 Å². The molecule has 0 spiro atoms. The van der Waals surface area contributed by atoms with Gasteiger partial charge in [0.25, 0.3) is 0 Å². The first-order valence-corrected chi connectivity index (χ1v) is 15.1. The van der Waals surface area contributed by atoms with Crippen molar-refractivity contribution in [3.8, 4) is 0 Å². The molecule has 0 fully saturated rings. The predicted molar refractivity (Wildman–Crippen MR) is 66.8 cm³/mol. The van der Waals surface area contributed by atoms with Crippen LogP contribution in [0.1, 0.15) is 59.3 Å². The molecule has 0 saturated carbocycles. The third kappa shape index (κ3) is 113. The van der Waals surface area contributed by atoms with E-state index >= 15 is 0 Å². The van der Waals surface area contributed by atoms with Crippen molar-refractivity contribution in [3.63, 3.8) is 0 Å². The molecule has 8 heteroatoms. The van der Waals surface area contributed by atoms with E-state index in [1.807, 2.05) is 0 Å². The molecule has 20 heavy (non-hydrogen) atoms. The van der Waals surface area contributed by atoms with E-state index in [2.05, 4.69) is 20.8 Å². The summed E-state index contributed by atoms with van der Waals surface area (Å²) in [4.78, 5) is 25.6. The third-order valence-electron chi connectivity index (χ3n) is 1.81. The number of hydrogen-bond acceptors (Lipinski definition) is 4. The van der Waals surface area contributed by atoms with Crippen LogP contribution >= 0.6 is 7.82 Å². The van der Waals surface area contributed by atoms with Gasteiger partial charge in [-0.2, -0.15) is 7.82 Å². The average molecular weight is 462 g/mol. The Bertz CT molecular complexity index is 152. The second-order valence-electron chi connectivity index (χ2n) is 4.07. The Labute approximate surface area is 155 Å². The Morgan fingerprint density at radius 1 is 0.700 bits per heavy atom. The third-order valence-corrected chi connectivity index (χ3v) is 4.96. The van der Waals surface area contributed by atoms with Gasteiger partial charge in [0.2, 0.25) is 0 Å². The van der Waals surface area contributed by atoms with E-state index in [-0.39, 0.29) is 0 Å². The molecule has 0 N–H and O–H groups in total. The summed E-state index contributed by atoms with van der Waals surface area (Å²) in [6, 6.07) is 0. The van der Waals surface area contributed by atoms with Gasteiger partial charge < -0.3 is 19.2 Å². The maximum absolute atomic E-state index is 8.55. The van der Waals surface area contributed by atoms with E-state index < -0.39 is 7.82 Å². The molecule has 0 aliphatic carbocycles. The Morgan fingerprint density at radius 2 is 0.850 bits per heavy atom. The average Bonchev–Trinajstić information content (AvgIpc) is 2.31. The maximum Gasteiger partial charge on any atom is -0.159 e. The van der Waals surface area contributed by atoms with E-state index in [1.54, 1.807) is 0 Å². The van der Waals surface area contributed by atoms with Crippen molar-refractivity contribution < 1.29 is 74.2 Å². The first-order chi connectivity index (χ1) is 9.24. The van der Waals surface area contributed by atoms with E-state index in [4.69, 9.17) is 19.2 Å². The van der Waals surface area contributed by atoms with Crippen molar-refractivity contribution in [1.82, 2.24) is 0 Å². The molecule has 0 aromatic heterocycles. The zero-order chi connectivity index (χ0) is 16.9. The molecule has 0 aromatic rings. The van der Waals surface area contributed by atoms with Crippen LogP contribution in [-0.2, 0) is 59.5 Å². The molecule has 0 aromatic carbocycles. The molecule has 4 nitrogen and oxygen atoms in total. The van der Waals surface area contributed by atoms with E-state index in [0.717, 1.165) is 0 Å². The first kappa shape index (κ1) is 29.9. The summed E-state index contributed by atoms with van der Waals surface area (Å²) < 4.78 is 8.55. The van der Waals surface area contributed by atoms with Gasteiger partial charge in [0.05, 0.1) is 0 Å². The maximum atomic E-state index is 8.55. The van der Waals surface area contributed by atoms with Gasteiger partial charge in [-0.25, -0.2) is 0 Å². The van der Waals surface area contributed by atoms with Gasteiger partial charge in [-0.15, -0.1) is 0 Å². The smallest absolute Gasteiger partial charge is 0.159 e. The van der Waals surface area contributed by atoms with Gasteiger partial charge in [0.15, 0.2) is 0 Å². The largest absolute Gasteiger partial charge is 0.822 e. The first-order valence-electron chi connectivity index (χ1n) is 7.35. The summed E-state index contributed by atoms with van der Waals surface area (Å²) in [7, 11) is -5.39. The van der Waals surface area contributed by atoms with E-state index in [0.29, 0.717) is 0 Å². The molecule has 0 amide bonds. The summed E-state index contributed by atoms with van der Waals surface area (Å²) in [5.41, 5.74) is 0. The standard InChI is InChI=1S/3C4H9.H3O4P.3Zn/c3*1-3-4-2;1-5(2,3)4;;;/h3*1,3-4H2,2H3;(H3,1,2,3,4);;;/q;;;;3*+1/p-3. The SMILES string of the molecule is CCC[CH2][Zn+].CCC[CH2][Zn+].CCC[CH2][Zn+].O=P([O-])([O-])[O-]. The van der Waals surface area contributed by atoms with Crippen molar-refractivity contribution in [2.75, 3.05) is 0 Å². The van der Waals surface area contributed by atoms with E-state index in [9.17, 15) is 0 Å². The number of unbranched alkanes of at least 4 members (excludes halogenated alkanes) is 3. The van der Waals surface area contributed by atoms with Gasteiger partial charge in [-0.1, -0.05) is 0 Å². The molecular weight excluding hydrogens is 435 g/mol. The van der Waals surface area contributed by atoms with Crippen LogP contribution in [0.25, 0.3) is 0 Å². The quantitative estimate of drug-likeness (QED) is 0.448. The number of hydrogen-bond donors (Lipinski definition) is 0. The van der Waals surface area contributed by atoms with Gasteiger partial charge in [0, 0.05) is 0 Å². The van der Waals surface area contributed by atoms with Crippen LogP contribution in [0.15, 0.2) is 0 Å². The minimum Gasteiger partial charge on any atom is -0.822 e. The fourth-order valence-corrected chi connectivity index (χ4v) is 3.90. The summed E-state index contributed by atoms with van der Waals surface area (Å²) in [5, 5.41) is 4.41. The van der Waals surface area contributed by atoms with Crippen molar-refractivity contribution in [2.24, 2.45) is 0 Å². The predicted octanol–water partition coefficient (Wildman–Crippen LogP) is 2.43. The molecule has 0 radical (unpaired) electrons. The van der Waals surface area contributed by atoms with Crippen LogP contribution in [0.5, 0.6) is 0 Å². The molecule has 0 atom stereocenters. The Kier molecular flexibility index (Phi) is 43.5. The normalized spacial score (nSPS) is 9.40. The zero-order valence-corrected chi connectivity index (χ0v) is 23.4. The Hall–Kier alpha value is 1.98. The van der Waals surface area contributed by atoms with Crippen LogP contribution in [0.4, 0.5) is 0 Å².